The summed E-state index contributed by atoms with van der Waals surface area (Å²) < 4.78 is 0. The highest BCUT2D eigenvalue weighted by molar-refractivity contribution is 5.91. The summed E-state index contributed by atoms with van der Waals surface area (Å²) in [6, 6.07) is 1.99. The molecule has 20 heavy (non-hydrogen) atoms. The number of aromatic nitrogens is 2. The van der Waals surface area contributed by atoms with Gasteiger partial charge in [-0.05, 0) is 75.7 Å². The van der Waals surface area contributed by atoms with Crippen LogP contribution in [0.4, 0.5) is 5.95 Å². The number of hydrazone groups is 1. The Bertz CT molecular complexity index is 513. The molecular formula is C16H22N4. The molecule has 0 aromatic carbocycles. The molecule has 4 saturated carbocycles. The Kier molecular flexibility index (Phi) is 2.79. The Hall–Kier alpha value is -1.45. The van der Waals surface area contributed by atoms with E-state index in [1.165, 1.54) is 37.8 Å². The quantitative estimate of drug-likeness (QED) is 0.839. The summed E-state index contributed by atoms with van der Waals surface area (Å²) in [4.78, 5) is 8.81. The van der Waals surface area contributed by atoms with Crippen molar-refractivity contribution < 1.29 is 0 Å². The second-order valence-corrected chi connectivity index (χ2v) is 6.93. The standard InChI is InChI=1S/C16H22N4/c1-9-3-10(2)18-16(17-9)20-19-15-13-5-11-4-12(7-13)8-14(15)6-11/h3,11-14H,4-8H2,1-2H3,(H,17,18,20). The van der Waals surface area contributed by atoms with Gasteiger partial charge in [0.05, 0.1) is 0 Å². The lowest BCUT2D eigenvalue weighted by molar-refractivity contribution is 0.108. The number of hydrogen-bond acceptors (Lipinski definition) is 4. The van der Waals surface area contributed by atoms with Gasteiger partial charge in [0.15, 0.2) is 0 Å². The van der Waals surface area contributed by atoms with Gasteiger partial charge in [0.2, 0.25) is 5.95 Å². The molecule has 1 aromatic heterocycles. The summed E-state index contributed by atoms with van der Waals surface area (Å²) in [5.41, 5.74) is 6.50. The first-order valence-electron chi connectivity index (χ1n) is 7.83. The number of nitrogens with zero attached hydrogens (tertiary/aromatic N) is 3. The lowest BCUT2D eigenvalue weighted by atomic mass is 9.55. The SMILES string of the molecule is Cc1cc(C)nc(NN=C2C3CC4CC(C3)CC2C4)n1. The third-order valence-corrected chi connectivity index (χ3v) is 5.24. The van der Waals surface area contributed by atoms with Gasteiger partial charge in [-0.25, -0.2) is 15.4 Å². The van der Waals surface area contributed by atoms with E-state index in [-0.39, 0.29) is 0 Å². The summed E-state index contributed by atoms with van der Waals surface area (Å²) in [7, 11) is 0. The highest BCUT2D eigenvalue weighted by Crippen LogP contribution is 2.52. The zero-order chi connectivity index (χ0) is 13.7. The van der Waals surface area contributed by atoms with Crippen LogP contribution >= 0.6 is 0 Å². The minimum atomic E-state index is 0.642. The molecule has 1 N–H and O–H groups in total. The molecule has 1 heterocycles. The van der Waals surface area contributed by atoms with Crippen LogP contribution in [0.3, 0.4) is 0 Å². The van der Waals surface area contributed by atoms with E-state index in [0.29, 0.717) is 5.95 Å². The molecule has 0 radical (unpaired) electrons. The second kappa shape index (κ2) is 4.54. The Labute approximate surface area is 120 Å². The van der Waals surface area contributed by atoms with Crippen molar-refractivity contribution in [3.63, 3.8) is 0 Å². The largest absolute Gasteiger partial charge is 0.245 e. The molecular weight excluding hydrogens is 248 g/mol. The van der Waals surface area contributed by atoms with Gasteiger partial charge in [-0.15, -0.1) is 0 Å². The molecule has 4 bridgehead atoms. The van der Waals surface area contributed by atoms with Gasteiger partial charge in [0.1, 0.15) is 0 Å². The molecule has 4 heteroatoms. The van der Waals surface area contributed by atoms with Gasteiger partial charge in [-0.1, -0.05) is 0 Å². The number of rotatable bonds is 2. The van der Waals surface area contributed by atoms with Crippen LogP contribution in [-0.2, 0) is 0 Å². The van der Waals surface area contributed by atoms with Crippen LogP contribution in [0.1, 0.15) is 43.5 Å². The van der Waals surface area contributed by atoms with Crippen LogP contribution in [0.15, 0.2) is 11.2 Å². The molecule has 0 atom stereocenters. The minimum absolute atomic E-state index is 0.642. The predicted molar refractivity (Wildman–Crippen MR) is 79.6 cm³/mol. The van der Waals surface area contributed by atoms with E-state index in [4.69, 9.17) is 5.10 Å². The van der Waals surface area contributed by atoms with Gasteiger partial charge in [0.25, 0.3) is 0 Å². The van der Waals surface area contributed by atoms with Crippen molar-refractivity contribution in [1.82, 2.24) is 9.97 Å². The number of anilines is 1. The maximum absolute atomic E-state index is 4.72. The fraction of sp³-hybridized carbons (Fsp3) is 0.688. The minimum Gasteiger partial charge on any atom is -0.245 e. The maximum Gasteiger partial charge on any atom is 0.243 e. The second-order valence-electron chi connectivity index (χ2n) is 6.93. The van der Waals surface area contributed by atoms with E-state index in [1.807, 2.05) is 19.9 Å². The molecule has 4 aliphatic rings. The van der Waals surface area contributed by atoms with Gasteiger partial charge < -0.3 is 0 Å². The monoisotopic (exact) mass is 270 g/mol. The first-order chi connectivity index (χ1) is 9.67. The zero-order valence-electron chi connectivity index (χ0n) is 12.3. The van der Waals surface area contributed by atoms with Gasteiger partial charge in [-0.2, -0.15) is 5.10 Å². The molecule has 4 aliphatic carbocycles. The van der Waals surface area contributed by atoms with Crippen LogP contribution < -0.4 is 5.43 Å². The van der Waals surface area contributed by atoms with Crippen molar-refractivity contribution in [2.24, 2.45) is 28.8 Å². The predicted octanol–water partition coefficient (Wildman–Crippen LogP) is 3.32. The lowest BCUT2D eigenvalue weighted by Gasteiger charge is -2.50. The molecule has 0 aliphatic heterocycles. The molecule has 106 valence electrons. The third kappa shape index (κ3) is 2.11. The first-order valence-corrected chi connectivity index (χ1v) is 7.83. The van der Waals surface area contributed by atoms with Crippen molar-refractivity contribution in [1.29, 1.82) is 0 Å². The summed E-state index contributed by atoms with van der Waals surface area (Å²) >= 11 is 0. The summed E-state index contributed by atoms with van der Waals surface area (Å²) in [5, 5.41) is 4.72. The molecule has 0 amide bonds. The van der Waals surface area contributed by atoms with Crippen LogP contribution in [0.25, 0.3) is 0 Å². The molecule has 0 spiro atoms. The summed E-state index contributed by atoms with van der Waals surface area (Å²) in [6.07, 6.45) is 6.93. The summed E-state index contributed by atoms with van der Waals surface area (Å²) in [6.45, 7) is 3.99. The number of hydrogen-bond donors (Lipinski definition) is 1. The Morgan fingerprint density at radius 1 is 0.950 bits per heavy atom. The van der Waals surface area contributed by atoms with Crippen molar-refractivity contribution in [3.05, 3.63) is 17.5 Å². The van der Waals surface area contributed by atoms with E-state index < -0.39 is 0 Å². The maximum atomic E-state index is 4.72. The molecule has 1 aromatic rings. The van der Waals surface area contributed by atoms with Gasteiger partial charge >= 0.3 is 0 Å². The molecule has 0 saturated heterocycles. The Balaban J connectivity index is 1.55. The van der Waals surface area contributed by atoms with E-state index in [9.17, 15) is 0 Å². The van der Waals surface area contributed by atoms with Crippen molar-refractivity contribution in [3.8, 4) is 0 Å². The Morgan fingerprint density at radius 3 is 2.05 bits per heavy atom. The molecule has 5 rings (SSSR count). The van der Waals surface area contributed by atoms with Crippen LogP contribution in [0, 0.1) is 37.5 Å². The van der Waals surface area contributed by atoms with Gasteiger partial charge in [0, 0.05) is 17.1 Å². The first kappa shape index (κ1) is 12.3. The molecule has 0 unspecified atom stereocenters. The van der Waals surface area contributed by atoms with E-state index >= 15 is 0 Å². The molecule has 4 nitrogen and oxygen atoms in total. The number of aryl methyl sites for hydroxylation is 2. The van der Waals surface area contributed by atoms with E-state index in [1.54, 1.807) is 0 Å². The summed E-state index contributed by atoms with van der Waals surface area (Å²) in [5.74, 6) is 4.06. The normalized spacial score (nSPS) is 34.4. The van der Waals surface area contributed by atoms with E-state index in [0.717, 1.165) is 35.1 Å². The van der Waals surface area contributed by atoms with Crippen molar-refractivity contribution >= 4 is 11.7 Å². The Morgan fingerprint density at radius 2 is 1.50 bits per heavy atom. The molecule has 4 fully saturated rings. The van der Waals surface area contributed by atoms with Crippen molar-refractivity contribution in [2.45, 2.75) is 46.0 Å². The van der Waals surface area contributed by atoms with Crippen LogP contribution in [0.5, 0.6) is 0 Å². The fourth-order valence-electron chi connectivity index (χ4n) is 4.74. The average molecular weight is 270 g/mol. The lowest BCUT2D eigenvalue weighted by Crippen LogP contribution is -2.45. The highest BCUT2D eigenvalue weighted by atomic mass is 15.4. The van der Waals surface area contributed by atoms with Crippen molar-refractivity contribution in [2.75, 3.05) is 5.43 Å². The highest BCUT2D eigenvalue weighted by Gasteiger charge is 2.46. The smallest absolute Gasteiger partial charge is 0.243 e. The van der Waals surface area contributed by atoms with Crippen LogP contribution in [0.2, 0.25) is 0 Å². The fourth-order valence-corrected chi connectivity index (χ4v) is 4.74. The zero-order valence-corrected chi connectivity index (χ0v) is 12.3. The number of nitrogens with one attached hydrogen (secondary N) is 1. The average Bonchev–Trinajstić information content (AvgIpc) is 2.35. The topological polar surface area (TPSA) is 50.2 Å². The van der Waals surface area contributed by atoms with E-state index in [2.05, 4.69) is 15.4 Å². The third-order valence-electron chi connectivity index (χ3n) is 5.24. The van der Waals surface area contributed by atoms with Gasteiger partial charge in [-0.3, -0.25) is 0 Å². The van der Waals surface area contributed by atoms with Crippen LogP contribution in [-0.4, -0.2) is 15.7 Å².